The number of aryl methyl sites for hydroxylation is 1. The number of ether oxygens (including phenoxy) is 1. The van der Waals surface area contributed by atoms with Crippen LogP contribution >= 0.6 is 0 Å². The van der Waals surface area contributed by atoms with Gasteiger partial charge in [0.15, 0.2) is 5.76 Å². The quantitative estimate of drug-likeness (QED) is 0.824. The molecule has 4 rings (SSSR count). The van der Waals surface area contributed by atoms with E-state index >= 15 is 0 Å². The summed E-state index contributed by atoms with van der Waals surface area (Å²) >= 11 is 0. The van der Waals surface area contributed by atoms with Crippen LogP contribution in [-0.2, 0) is 4.74 Å². The Kier molecular flexibility index (Phi) is 4.95. The molecule has 1 amide bonds. The Labute approximate surface area is 159 Å². The maximum absolute atomic E-state index is 13.6. The highest BCUT2D eigenvalue weighted by atomic mass is 19.1. The van der Waals surface area contributed by atoms with Crippen LogP contribution in [0.4, 0.5) is 4.39 Å². The van der Waals surface area contributed by atoms with Crippen molar-refractivity contribution in [3.05, 3.63) is 35.3 Å². The van der Waals surface area contributed by atoms with Crippen molar-refractivity contribution in [1.82, 2.24) is 9.80 Å². The van der Waals surface area contributed by atoms with Gasteiger partial charge in [-0.3, -0.25) is 9.69 Å². The number of hydrogen-bond acceptors (Lipinski definition) is 4. The number of furan rings is 1. The lowest BCUT2D eigenvalue weighted by Gasteiger charge is -2.38. The van der Waals surface area contributed by atoms with Crippen LogP contribution < -0.4 is 0 Å². The Balaban J connectivity index is 1.53. The second-order valence-electron chi connectivity index (χ2n) is 7.97. The van der Waals surface area contributed by atoms with E-state index in [4.69, 9.17) is 9.15 Å². The number of fused-ring (bicyclic) bond motifs is 1. The predicted molar refractivity (Wildman–Crippen MR) is 101 cm³/mol. The van der Waals surface area contributed by atoms with Gasteiger partial charge in [-0.15, -0.1) is 0 Å². The smallest absolute Gasteiger partial charge is 0.290 e. The lowest BCUT2D eigenvalue weighted by atomic mass is 10.1. The molecule has 2 aromatic rings. The summed E-state index contributed by atoms with van der Waals surface area (Å²) in [6, 6.07) is 4.56. The third-order valence-corrected chi connectivity index (χ3v) is 5.69. The SMILES string of the molecule is Cc1c(C(=O)N2CCC[C@@H]2CN2C[C@@H](C)O[C@@H](C)C2)oc2ccc(F)cc12. The zero-order chi connectivity index (χ0) is 19.1. The van der Waals surface area contributed by atoms with E-state index in [1.165, 1.54) is 12.1 Å². The zero-order valence-electron chi connectivity index (χ0n) is 16.2. The first kappa shape index (κ1) is 18.4. The number of likely N-dealkylation sites (tertiary alicyclic amines) is 1. The normalized spacial score (nSPS) is 26.8. The minimum absolute atomic E-state index is 0.0824. The molecule has 3 heterocycles. The van der Waals surface area contributed by atoms with Crippen LogP contribution in [0.5, 0.6) is 0 Å². The van der Waals surface area contributed by atoms with Crippen molar-refractivity contribution in [2.24, 2.45) is 0 Å². The maximum atomic E-state index is 13.6. The van der Waals surface area contributed by atoms with Gasteiger partial charge in [-0.05, 0) is 51.8 Å². The Bertz CT molecular complexity index is 839. The molecule has 0 N–H and O–H groups in total. The fraction of sp³-hybridized carbons (Fsp3) is 0.571. The Morgan fingerprint density at radius 1 is 1.26 bits per heavy atom. The van der Waals surface area contributed by atoms with Crippen LogP contribution in [0.15, 0.2) is 22.6 Å². The number of carbonyl (C=O) groups excluding carboxylic acids is 1. The average Bonchev–Trinajstić information content (AvgIpc) is 3.18. The molecule has 0 saturated carbocycles. The third-order valence-electron chi connectivity index (χ3n) is 5.69. The van der Waals surface area contributed by atoms with E-state index in [2.05, 4.69) is 18.7 Å². The zero-order valence-corrected chi connectivity index (χ0v) is 16.2. The summed E-state index contributed by atoms with van der Waals surface area (Å²) in [5.41, 5.74) is 1.28. The number of benzene rings is 1. The predicted octanol–water partition coefficient (Wildman–Crippen LogP) is 3.59. The molecule has 6 heteroatoms. The molecule has 0 bridgehead atoms. The number of amides is 1. The highest BCUT2D eigenvalue weighted by molar-refractivity contribution is 5.99. The first-order valence-electron chi connectivity index (χ1n) is 9.80. The second-order valence-corrected chi connectivity index (χ2v) is 7.97. The number of hydrogen-bond donors (Lipinski definition) is 0. The monoisotopic (exact) mass is 374 g/mol. The molecule has 2 saturated heterocycles. The van der Waals surface area contributed by atoms with Crippen molar-refractivity contribution in [2.45, 2.75) is 51.9 Å². The standard InChI is InChI=1S/C21H27FN2O3/c1-13-10-23(11-14(2)26-13)12-17-5-4-8-24(17)21(25)20-15(3)18-9-16(22)6-7-19(18)27-20/h6-7,9,13-14,17H,4-5,8,10-12H2,1-3H3/t13-,14+,17-/m1/s1. The fourth-order valence-electron chi connectivity index (χ4n) is 4.55. The summed E-state index contributed by atoms with van der Waals surface area (Å²) in [4.78, 5) is 17.5. The first-order chi connectivity index (χ1) is 12.9. The number of nitrogens with zero attached hydrogens (tertiary/aromatic N) is 2. The molecule has 2 aliphatic heterocycles. The molecule has 0 unspecified atom stereocenters. The van der Waals surface area contributed by atoms with Crippen LogP contribution in [0.2, 0.25) is 0 Å². The summed E-state index contributed by atoms with van der Waals surface area (Å²) in [6.07, 6.45) is 2.43. The topological polar surface area (TPSA) is 45.9 Å². The van der Waals surface area contributed by atoms with Gasteiger partial charge in [-0.25, -0.2) is 4.39 Å². The van der Waals surface area contributed by atoms with Gasteiger partial charge in [0.25, 0.3) is 5.91 Å². The molecule has 1 aromatic carbocycles. The van der Waals surface area contributed by atoms with Gasteiger partial charge >= 0.3 is 0 Å². The molecule has 2 fully saturated rings. The number of carbonyl (C=O) groups is 1. The van der Waals surface area contributed by atoms with Gasteiger partial charge in [-0.2, -0.15) is 0 Å². The Morgan fingerprint density at radius 2 is 2.00 bits per heavy atom. The van der Waals surface area contributed by atoms with Crippen LogP contribution in [0.1, 0.15) is 42.8 Å². The lowest BCUT2D eigenvalue weighted by Crippen LogP contribution is -2.50. The summed E-state index contributed by atoms with van der Waals surface area (Å²) in [5.74, 6) is -0.0628. The Hall–Kier alpha value is -1.92. The summed E-state index contributed by atoms with van der Waals surface area (Å²) in [5, 5.41) is 0.671. The van der Waals surface area contributed by atoms with Gasteiger partial charge in [-0.1, -0.05) is 0 Å². The Morgan fingerprint density at radius 3 is 2.74 bits per heavy atom. The van der Waals surface area contributed by atoms with Crippen molar-refractivity contribution in [2.75, 3.05) is 26.2 Å². The van der Waals surface area contributed by atoms with Crippen LogP contribution in [0.3, 0.4) is 0 Å². The summed E-state index contributed by atoms with van der Waals surface area (Å²) in [6.45, 7) is 9.41. The van der Waals surface area contributed by atoms with Crippen molar-refractivity contribution in [3.63, 3.8) is 0 Å². The van der Waals surface area contributed by atoms with Crippen LogP contribution in [-0.4, -0.2) is 60.1 Å². The highest BCUT2D eigenvalue weighted by Gasteiger charge is 2.35. The van der Waals surface area contributed by atoms with Gasteiger partial charge in [0.1, 0.15) is 11.4 Å². The molecular formula is C21H27FN2O3. The minimum atomic E-state index is -0.319. The number of halogens is 1. The molecule has 3 atom stereocenters. The van der Waals surface area contributed by atoms with Crippen LogP contribution in [0, 0.1) is 12.7 Å². The molecule has 0 radical (unpaired) electrons. The van der Waals surface area contributed by atoms with E-state index in [9.17, 15) is 9.18 Å². The highest BCUT2D eigenvalue weighted by Crippen LogP contribution is 2.29. The molecule has 27 heavy (non-hydrogen) atoms. The van der Waals surface area contributed by atoms with Crippen molar-refractivity contribution in [1.29, 1.82) is 0 Å². The van der Waals surface area contributed by atoms with Crippen molar-refractivity contribution in [3.8, 4) is 0 Å². The molecule has 2 aliphatic rings. The van der Waals surface area contributed by atoms with E-state index in [1.54, 1.807) is 6.07 Å². The molecule has 5 nitrogen and oxygen atoms in total. The molecule has 146 valence electrons. The third kappa shape index (κ3) is 3.60. The number of morpholine rings is 1. The molecule has 0 spiro atoms. The van der Waals surface area contributed by atoms with Gasteiger partial charge in [0.2, 0.25) is 0 Å². The van der Waals surface area contributed by atoms with Gasteiger partial charge in [0.05, 0.1) is 12.2 Å². The van der Waals surface area contributed by atoms with Gasteiger partial charge in [0, 0.05) is 43.2 Å². The summed E-state index contributed by atoms with van der Waals surface area (Å²) < 4.78 is 25.2. The first-order valence-corrected chi connectivity index (χ1v) is 9.80. The van der Waals surface area contributed by atoms with Crippen LogP contribution in [0.25, 0.3) is 11.0 Å². The summed E-state index contributed by atoms with van der Waals surface area (Å²) in [7, 11) is 0. The van der Waals surface area contributed by atoms with E-state index in [0.29, 0.717) is 22.3 Å². The minimum Gasteiger partial charge on any atom is -0.451 e. The van der Waals surface area contributed by atoms with E-state index in [-0.39, 0.29) is 30.0 Å². The largest absolute Gasteiger partial charge is 0.451 e. The number of rotatable bonds is 3. The van der Waals surface area contributed by atoms with Crippen molar-refractivity contribution >= 4 is 16.9 Å². The van der Waals surface area contributed by atoms with Crippen molar-refractivity contribution < 1.29 is 18.3 Å². The maximum Gasteiger partial charge on any atom is 0.290 e. The van der Waals surface area contributed by atoms with E-state index < -0.39 is 0 Å². The average molecular weight is 374 g/mol. The fourth-order valence-corrected chi connectivity index (χ4v) is 4.55. The lowest BCUT2D eigenvalue weighted by molar-refractivity contribution is -0.0715. The van der Waals surface area contributed by atoms with E-state index in [1.807, 2.05) is 11.8 Å². The second kappa shape index (κ2) is 7.24. The van der Waals surface area contributed by atoms with Gasteiger partial charge < -0.3 is 14.1 Å². The molecular weight excluding hydrogens is 347 g/mol. The molecule has 0 aliphatic carbocycles. The molecule has 1 aromatic heterocycles. The van der Waals surface area contributed by atoms with E-state index in [0.717, 1.165) is 39.0 Å².